The Morgan fingerprint density at radius 2 is 1.67 bits per heavy atom. The Labute approximate surface area is 158 Å². The Morgan fingerprint density at radius 3 is 2.30 bits per heavy atom. The molecule has 0 aliphatic heterocycles. The molecule has 0 atom stereocenters. The molecule has 0 fully saturated rings. The fourth-order valence-corrected chi connectivity index (χ4v) is 2.58. The molecule has 2 aromatic rings. The van der Waals surface area contributed by atoms with Crippen LogP contribution in [0.25, 0.3) is 0 Å². The highest BCUT2D eigenvalue weighted by atomic mass is 35.5. The average Bonchev–Trinajstić information content (AvgIpc) is 2.59. The first kappa shape index (κ1) is 20.6. The summed E-state index contributed by atoms with van der Waals surface area (Å²) >= 11 is 5.90. The summed E-state index contributed by atoms with van der Waals surface area (Å²) in [7, 11) is 0. The van der Waals surface area contributed by atoms with E-state index in [9.17, 15) is 22.8 Å². The van der Waals surface area contributed by atoms with Crippen molar-refractivity contribution < 1.29 is 32.2 Å². The van der Waals surface area contributed by atoms with Crippen LogP contribution in [0, 0.1) is 31.3 Å². The molecule has 0 spiro atoms. The molecule has 0 radical (unpaired) electrons. The molecule has 27 heavy (non-hydrogen) atoms. The molecular weight excluding hydrogens is 387 g/mol. The first-order valence-electron chi connectivity index (χ1n) is 7.67. The van der Waals surface area contributed by atoms with Crippen molar-refractivity contribution >= 4 is 29.2 Å². The zero-order valence-electron chi connectivity index (χ0n) is 14.4. The molecule has 0 aliphatic rings. The summed E-state index contributed by atoms with van der Waals surface area (Å²) in [5, 5.41) is 2.51. The van der Waals surface area contributed by atoms with Crippen LogP contribution < -0.4 is 10.1 Å². The van der Waals surface area contributed by atoms with E-state index in [1.54, 1.807) is 26.0 Å². The standard InChI is InChI=1S/C18H15ClF3NO4/c1-9-5-11(19)6-10(2)18(9)27-8-15(25)26-7-14(24)23-13-4-3-12(20)16(21)17(13)22/h3-6H,7-8H2,1-2H3,(H,23,24). The molecule has 0 heterocycles. The average molecular weight is 402 g/mol. The fraction of sp³-hybridized carbons (Fsp3) is 0.222. The van der Waals surface area contributed by atoms with Crippen molar-refractivity contribution in [3.63, 3.8) is 0 Å². The van der Waals surface area contributed by atoms with Gasteiger partial charge in [0.05, 0.1) is 5.69 Å². The Morgan fingerprint density at radius 1 is 1.04 bits per heavy atom. The van der Waals surface area contributed by atoms with E-state index in [-0.39, 0.29) is 0 Å². The zero-order chi connectivity index (χ0) is 20.1. The highest BCUT2D eigenvalue weighted by Gasteiger charge is 2.16. The quantitative estimate of drug-likeness (QED) is 0.588. The van der Waals surface area contributed by atoms with Crippen LogP contribution in [0.4, 0.5) is 18.9 Å². The number of ether oxygens (including phenoxy) is 2. The molecule has 144 valence electrons. The fourth-order valence-electron chi connectivity index (χ4n) is 2.25. The summed E-state index contributed by atoms with van der Waals surface area (Å²) in [5.41, 5.74) is 0.873. The maximum Gasteiger partial charge on any atom is 0.344 e. The minimum atomic E-state index is -1.72. The Hall–Kier alpha value is -2.74. The van der Waals surface area contributed by atoms with Crippen LogP contribution in [0.1, 0.15) is 11.1 Å². The van der Waals surface area contributed by atoms with Gasteiger partial charge in [-0.05, 0) is 49.2 Å². The predicted molar refractivity (Wildman–Crippen MR) is 92.3 cm³/mol. The largest absolute Gasteiger partial charge is 0.481 e. The highest BCUT2D eigenvalue weighted by Crippen LogP contribution is 2.27. The lowest BCUT2D eigenvalue weighted by atomic mass is 10.1. The van der Waals surface area contributed by atoms with Gasteiger partial charge < -0.3 is 14.8 Å². The van der Waals surface area contributed by atoms with E-state index in [0.717, 1.165) is 17.2 Å². The van der Waals surface area contributed by atoms with Crippen LogP contribution in [0.2, 0.25) is 5.02 Å². The number of aryl methyl sites for hydroxylation is 2. The normalized spacial score (nSPS) is 10.4. The topological polar surface area (TPSA) is 64.6 Å². The van der Waals surface area contributed by atoms with Gasteiger partial charge >= 0.3 is 5.97 Å². The molecule has 1 amide bonds. The third-order valence-electron chi connectivity index (χ3n) is 3.43. The molecule has 0 saturated carbocycles. The van der Waals surface area contributed by atoms with Gasteiger partial charge in [0.1, 0.15) is 5.75 Å². The smallest absolute Gasteiger partial charge is 0.344 e. The lowest BCUT2D eigenvalue weighted by Gasteiger charge is -2.12. The van der Waals surface area contributed by atoms with E-state index in [4.69, 9.17) is 21.1 Å². The summed E-state index contributed by atoms with van der Waals surface area (Å²) in [6.45, 7) is 2.29. The summed E-state index contributed by atoms with van der Waals surface area (Å²) in [5.74, 6) is -5.96. The Kier molecular flexibility index (Phi) is 6.68. The second-order valence-corrected chi connectivity index (χ2v) is 6.03. The predicted octanol–water partition coefficient (Wildman–Crippen LogP) is 3.93. The van der Waals surface area contributed by atoms with Crippen LogP contribution in [-0.4, -0.2) is 25.1 Å². The number of halogens is 4. The van der Waals surface area contributed by atoms with Crippen molar-refractivity contribution in [2.75, 3.05) is 18.5 Å². The van der Waals surface area contributed by atoms with E-state index < -0.39 is 48.2 Å². The zero-order valence-corrected chi connectivity index (χ0v) is 15.1. The van der Waals surface area contributed by atoms with Crippen molar-refractivity contribution in [2.45, 2.75) is 13.8 Å². The molecule has 9 heteroatoms. The molecule has 0 aliphatic carbocycles. The number of hydrogen-bond acceptors (Lipinski definition) is 4. The number of carbonyl (C=O) groups excluding carboxylic acids is 2. The van der Waals surface area contributed by atoms with Crippen molar-refractivity contribution in [3.05, 3.63) is 57.9 Å². The summed E-state index contributed by atoms with van der Waals surface area (Å²) in [6.07, 6.45) is 0. The number of benzene rings is 2. The molecule has 0 bridgehead atoms. The molecule has 1 N–H and O–H groups in total. The van der Waals surface area contributed by atoms with Gasteiger partial charge in [-0.25, -0.2) is 18.0 Å². The van der Waals surface area contributed by atoms with Crippen LogP contribution >= 0.6 is 11.6 Å². The molecule has 2 rings (SSSR count). The highest BCUT2D eigenvalue weighted by molar-refractivity contribution is 6.30. The van der Waals surface area contributed by atoms with E-state index in [1.165, 1.54) is 0 Å². The molecule has 2 aromatic carbocycles. The molecule has 0 aromatic heterocycles. The first-order valence-corrected chi connectivity index (χ1v) is 8.05. The molecule has 5 nitrogen and oxygen atoms in total. The summed E-state index contributed by atoms with van der Waals surface area (Å²) in [4.78, 5) is 23.4. The number of esters is 1. The third-order valence-corrected chi connectivity index (χ3v) is 3.65. The number of carbonyl (C=O) groups is 2. The van der Waals surface area contributed by atoms with Gasteiger partial charge in [-0.15, -0.1) is 0 Å². The number of rotatable bonds is 6. The number of anilines is 1. The van der Waals surface area contributed by atoms with Crippen molar-refractivity contribution in [2.24, 2.45) is 0 Å². The Bertz CT molecular complexity index is 866. The van der Waals surface area contributed by atoms with E-state index in [1.807, 2.05) is 5.32 Å². The maximum atomic E-state index is 13.5. The van der Waals surface area contributed by atoms with Crippen LogP contribution in [0.15, 0.2) is 24.3 Å². The van der Waals surface area contributed by atoms with E-state index in [2.05, 4.69) is 0 Å². The lowest BCUT2D eigenvalue weighted by molar-refractivity contribution is -0.149. The van der Waals surface area contributed by atoms with Gasteiger partial charge in [-0.1, -0.05) is 11.6 Å². The monoisotopic (exact) mass is 401 g/mol. The number of nitrogens with one attached hydrogen (secondary N) is 1. The minimum Gasteiger partial charge on any atom is -0.481 e. The molecular formula is C18H15ClF3NO4. The second-order valence-electron chi connectivity index (χ2n) is 5.59. The third kappa shape index (κ3) is 5.37. The SMILES string of the molecule is Cc1cc(Cl)cc(C)c1OCC(=O)OCC(=O)Nc1ccc(F)c(F)c1F. The van der Waals surface area contributed by atoms with Gasteiger partial charge in [-0.2, -0.15) is 0 Å². The summed E-state index contributed by atoms with van der Waals surface area (Å²) in [6, 6.07) is 4.84. The van der Waals surface area contributed by atoms with E-state index >= 15 is 0 Å². The van der Waals surface area contributed by atoms with Gasteiger partial charge in [0.15, 0.2) is 30.7 Å². The molecule has 0 saturated heterocycles. The van der Waals surface area contributed by atoms with Crippen molar-refractivity contribution in [3.8, 4) is 5.75 Å². The minimum absolute atomic E-state index is 0.462. The van der Waals surface area contributed by atoms with Gasteiger partial charge in [0.2, 0.25) is 0 Å². The Balaban J connectivity index is 1.85. The van der Waals surface area contributed by atoms with E-state index in [0.29, 0.717) is 16.8 Å². The van der Waals surface area contributed by atoms with Crippen molar-refractivity contribution in [1.82, 2.24) is 0 Å². The lowest BCUT2D eigenvalue weighted by Crippen LogP contribution is -2.24. The number of hydrogen-bond donors (Lipinski definition) is 1. The van der Waals surface area contributed by atoms with Gasteiger partial charge in [0.25, 0.3) is 5.91 Å². The van der Waals surface area contributed by atoms with Crippen molar-refractivity contribution in [1.29, 1.82) is 0 Å². The maximum absolute atomic E-state index is 13.5. The molecule has 0 unspecified atom stereocenters. The first-order chi connectivity index (χ1) is 12.7. The van der Waals surface area contributed by atoms with Gasteiger partial charge in [-0.3, -0.25) is 4.79 Å². The van der Waals surface area contributed by atoms with Crippen LogP contribution in [0.5, 0.6) is 5.75 Å². The van der Waals surface area contributed by atoms with Gasteiger partial charge in [0, 0.05) is 5.02 Å². The second kappa shape index (κ2) is 8.77. The van der Waals surface area contributed by atoms with Crippen LogP contribution in [0.3, 0.4) is 0 Å². The summed E-state index contributed by atoms with van der Waals surface area (Å²) < 4.78 is 49.5. The van der Waals surface area contributed by atoms with Crippen LogP contribution in [-0.2, 0) is 14.3 Å². The number of amides is 1.